The van der Waals surface area contributed by atoms with E-state index in [-0.39, 0.29) is 25.6 Å². The number of phosphoric acid groups is 1. The average molecular weight is 1140 g/mol. The van der Waals surface area contributed by atoms with Crippen LogP contribution in [0.1, 0.15) is 380 Å². The highest BCUT2D eigenvalue weighted by atomic mass is 31.2. The lowest BCUT2D eigenvalue weighted by Crippen LogP contribution is -2.37. The van der Waals surface area contributed by atoms with Gasteiger partial charge in [0.15, 0.2) is 6.10 Å². The number of carbonyl (C=O) groups excluding carboxylic acids is 2. The van der Waals surface area contributed by atoms with Crippen molar-refractivity contribution in [2.24, 2.45) is 0 Å². The Kier molecular flexibility index (Phi) is 60.8. The van der Waals surface area contributed by atoms with E-state index < -0.39 is 26.5 Å². The third kappa shape index (κ3) is 66.0. The summed E-state index contributed by atoms with van der Waals surface area (Å²) in [4.78, 5) is 35.8. The van der Waals surface area contributed by atoms with Gasteiger partial charge in [-0.1, -0.05) is 354 Å². The molecule has 0 saturated carbocycles. The molecule has 0 aromatic carbocycles. The first-order chi connectivity index (χ1) is 38.5. The van der Waals surface area contributed by atoms with Gasteiger partial charge in [-0.25, -0.2) is 4.57 Å². The summed E-state index contributed by atoms with van der Waals surface area (Å²) in [6.07, 6.45) is 73.6. The van der Waals surface area contributed by atoms with Gasteiger partial charge < -0.3 is 18.9 Å². The Morgan fingerprint density at radius 3 is 0.810 bits per heavy atom. The zero-order valence-electron chi connectivity index (χ0n) is 53.9. The second-order valence-electron chi connectivity index (χ2n) is 25.6. The number of hydrogen-bond acceptors (Lipinski definition) is 7. The van der Waals surface area contributed by atoms with Gasteiger partial charge in [0.2, 0.25) is 0 Å². The Morgan fingerprint density at radius 1 is 0.342 bits per heavy atom. The number of esters is 2. The van der Waals surface area contributed by atoms with Gasteiger partial charge in [0.25, 0.3) is 0 Å². The SMILES string of the molecule is CCCCCCCCCCCCCCCCCCCCCCCCCCCCCCCCCCCC(=O)OC(COC(=O)CCCCCCCCCCCCCCCCCCCCCCCC)COP(=O)(O)OCC[N+](C)(C)C. The topological polar surface area (TPSA) is 108 Å². The summed E-state index contributed by atoms with van der Waals surface area (Å²) >= 11 is 0. The first-order valence-corrected chi connectivity index (χ1v) is 36.8. The van der Waals surface area contributed by atoms with Crippen molar-refractivity contribution in [3.63, 3.8) is 0 Å². The van der Waals surface area contributed by atoms with Gasteiger partial charge in [0.05, 0.1) is 27.7 Å². The number of unbranched alkanes of at least 4 members (excludes halogenated alkanes) is 53. The van der Waals surface area contributed by atoms with Crippen LogP contribution in [0.15, 0.2) is 0 Å². The first kappa shape index (κ1) is 78.0. The number of carbonyl (C=O) groups is 2. The molecule has 0 aromatic heterocycles. The number of nitrogens with zero attached hydrogens (tertiary/aromatic N) is 1. The number of phosphoric ester groups is 1. The number of hydrogen-bond donors (Lipinski definition) is 1. The second kappa shape index (κ2) is 61.6. The molecule has 2 atom stereocenters. The van der Waals surface area contributed by atoms with Crippen molar-refractivity contribution in [1.82, 2.24) is 0 Å². The number of rotatable bonds is 67. The summed E-state index contributed by atoms with van der Waals surface area (Å²) in [5.74, 6) is -0.768. The lowest BCUT2D eigenvalue weighted by Gasteiger charge is -2.24. The molecule has 0 heterocycles. The first-order valence-electron chi connectivity index (χ1n) is 35.3. The van der Waals surface area contributed by atoms with E-state index in [1.165, 1.54) is 315 Å². The zero-order valence-corrected chi connectivity index (χ0v) is 54.8. The largest absolute Gasteiger partial charge is 0.472 e. The quantitative estimate of drug-likeness (QED) is 0.0278. The predicted octanol–water partition coefficient (Wildman–Crippen LogP) is 22.6. The summed E-state index contributed by atoms with van der Waals surface area (Å²) in [5.41, 5.74) is 0. The van der Waals surface area contributed by atoms with Gasteiger partial charge in [-0.05, 0) is 12.8 Å². The lowest BCUT2D eigenvalue weighted by molar-refractivity contribution is -0.870. The highest BCUT2D eigenvalue weighted by Crippen LogP contribution is 2.43. The molecule has 79 heavy (non-hydrogen) atoms. The van der Waals surface area contributed by atoms with E-state index in [1.807, 2.05) is 21.1 Å². The normalized spacial score (nSPS) is 13.0. The van der Waals surface area contributed by atoms with Gasteiger partial charge in [0.1, 0.15) is 19.8 Å². The molecule has 2 unspecified atom stereocenters. The number of quaternary nitrogens is 1. The third-order valence-electron chi connectivity index (χ3n) is 16.4. The molecular weight excluding hydrogens is 1000 g/mol. The summed E-state index contributed by atoms with van der Waals surface area (Å²) in [7, 11) is 1.51. The molecule has 0 aromatic rings. The van der Waals surface area contributed by atoms with Crippen LogP contribution in [0.25, 0.3) is 0 Å². The number of ether oxygens (including phenoxy) is 2. The number of likely N-dealkylation sites (N-methyl/N-ethyl adjacent to an activating group) is 1. The fourth-order valence-electron chi connectivity index (χ4n) is 11.0. The molecular formula is C69H139NO8P+. The van der Waals surface area contributed by atoms with Crippen LogP contribution in [0, 0.1) is 0 Å². The summed E-state index contributed by atoms with van der Waals surface area (Å²) < 4.78 is 34.7. The van der Waals surface area contributed by atoms with Crippen molar-refractivity contribution in [2.75, 3.05) is 47.5 Å². The van der Waals surface area contributed by atoms with Crippen molar-refractivity contribution in [3.8, 4) is 0 Å². The van der Waals surface area contributed by atoms with E-state index in [2.05, 4.69) is 13.8 Å². The monoisotopic (exact) mass is 1140 g/mol. The fraction of sp³-hybridized carbons (Fsp3) is 0.971. The Hall–Kier alpha value is -0.990. The third-order valence-corrected chi connectivity index (χ3v) is 17.4. The Labute approximate surface area is 493 Å². The molecule has 0 saturated heterocycles. The maximum Gasteiger partial charge on any atom is 0.472 e. The maximum atomic E-state index is 12.9. The lowest BCUT2D eigenvalue weighted by atomic mass is 10.0. The van der Waals surface area contributed by atoms with E-state index in [1.54, 1.807) is 0 Å². The minimum Gasteiger partial charge on any atom is -0.462 e. The maximum absolute atomic E-state index is 12.9. The molecule has 1 N–H and O–H groups in total. The van der Waals surface area contributed by atoms with Crippen molar-refractivity contribution in [1.29, 1.82) is 0 Å². The highest BCUT2D eigenvalue weighted by molar-refractivity contribution is 7.47. The van der Waals surface area contributed by atoms with E-state index in [0.717, 1.165) is 38.5 Å². The highest BCUT2D eigenvalue weighted by Gasteiger charge is 2.27. The van der Waals surface area contributed by atoms with Crippen LogP contribution < -0.4 is 0 Å². The minimum absolute atomic E-state index is 0.0377. The molecule has 0 aliphatic rings. The molecule has 9 nitrogen and oxygen atoms in total. The van der Waals surface area contributed by atoms with Gasteiger partial charge in [-0.2, -0.15) is 0 Å². The molecule has 0 rings (SSSR count). The van der Waals surface area contributed by atoms with Gasteiger partial charge in [-0.15, -0.1) is 0 Å². The second-order valence-corrected chi connectivity index (χ2v) is 27.1. The standard InChI is InChI=1S/C69H138NO8P/c1-6-8-10-12-14-16-18-20-22-24-26-28-30-31-32-33-34-35-36-37-38-39-40-42-44-46-48-50-52-54-56-58-60-62-69(72)78-67(66-77-79(73,74)76-64-63-70(3,4)5)65-75-68(71)61-59-57-55-53-51-49-47-45-43-41-29-27-25-23-21-19-17-15-13-11-9-7-2/h67H,6-66H2,1-5H3/p+1. The molecule has 0 radical (unpaired) electrons. The van der Waals surface area contributed by atoms with Crippen LogP contribution in [-0.2, 0) is 32.7 Å². The molecule has 0 bridgehead atoms. The van der Waals surface area contributed by atoms with E-state index in [9.17, 15) is 19.0 Å². The van der Waals surface area contributed by atoms with Crippen molar-refractivity contribution >= 4 is 19.8 Å². The fourth-order valence-corrected chi connectivity index (χ4v) is 11.7. The minimum atomic E-state index is -4.38. The molecule has 0 aliphatic carbocycles. The van der Waals surface area contributed by atoms with Crippen LogP contribution in [-0.4, -0.2) is 74.9 Å². The van der Waals surface area contributed by atoms with Gasteiger partial charge in [-0.3, -0.25) is 18.6 Å². The molecule has 0 spiro atoms. The molecule has 0 fully saturated rings. The van der Waals surface area contributed by atoms with Crippen molar-refractivity contribution in [3.05, 3.63) is 0 Å². The zero-order chi connectivity index (χ0) is 57.7. The van der Waals surface area contributed by atoms with E-state index in [0.29, 0.717) is 17.4 Å². The van der Waals surface area contributed by atoms with Crippen LogP contribution in [0.4, 0.5) is 0 Å². The predicted molar refractivity (Wildman–Crippen MR) is 340 cm³/mol. The van der Waals surface area contributed by atoms with Crippen molar-refractivity contribution in [2.45, 2.75) is 386 Å². The smallest absolute Gasteiger partial charge is 0.462 e. The van der Waals surface area contributed by atoms with Crippen LogP contribution in [0.3, 0.4) is 0 Å². The summed E-state index contributed by atoms with van der Waals surface area (Å²) in [5, 5.41) is 0. The Balaban J connectivity index is 3.94. The van der Waals surface area contributed by atoms with Gasteiger partial charge >= 0.3 is 19.8 Å². The average Bonchev–Trinajstić information content (AvgIpc) is 3.41. The van der Waals surface area contributed by atoms with Crippen LogP contribution >= 0.6 is 7.82 Å². The van der Waals surface area contributed by atoms with E-state index >= 15 is 0 Å². The summed E-state index contributed by atoms with van der Waals surface area (Å²) in [6, 6.07) is 0. The van der Waals surface area contributed by atoms with Crippen LogP contribution in [0.2, 0.25) is 0 Å². The van der Waals surface area contributed by atoms with E-state index in [4.69, 9.17) is 18.5 Å². The Bertz CT molecular complexity index is 1290. The molecule has 0 amide bonds. The molecule has 0 aliphatic heterocycles. The summed E-state index contributed by atoms with van der Waals surface area (Å²) in [6.45, 7) is 4.53. The molecule has 10 heteroatoms. The Morgan fingerprint density at radius 2 is 0.570 bits per heavy atom. The molecule has 472 valence electrons. The van der Waals surface area contributed by atoms with Crippen molar-refractivity contribution < 1.29 is 42.1 Å². The van der Waals surface area contributed by atoms with Crippen LogP contribution in [0.5, 0.6) is 0 Å². The van der Waals surface area contributed by atoms with Gasteiger partial charge in [0, 0.05) is 12.8 Å².